The molecule has 348 valence electrons. The summed E-state index contributed by atoms with van der Waals surface area (Å²) in [5.74, 6) is -6.81. The Labute approximate surface area is 375 Å². The van der Waals surface area contributed by atoms with Gasteiger partial charge in [-0.1, -0.05) is 73.6 Å². The standard InChI is InChI=1S/C49H66N4O11/c1-24(2)23-53-20-18-49(19-21-53)51-38-35-36-42(58)32(10)45-37(35)46(60)48(11,64-45)62-22-17-25(3)28(6)29(7)30(8)41(57)31(9)44(63-34(56)16-15-33(54)55)26(4)13-12-14-27(5)47(61)50-40(43(36)59)39(38)52-49/h12-14,17,22,24-26,28-31,41,44,51,57-59H,15-16,18-21,23H2,1-11H3,(H,54,55)/b13-12+,22-17+,27-14-,50-40?/t25-,26-,28+,29+,30-,31-,41-,44-,48-/m0/s1. The van der Waals surface area contributed by atoms with Gasteiger partial charge in [0, 0.05) is 67.8 Å². The summed E-state index contributed by atoms with van der Waals surface area (Å²) in [5, 5.41) is 48.8. The van der Waals surface area contributed by atoms with E-state index in [4.69, 9.17) is 19.2 Å². The summed E-state index contributed by atoms with van der Waals surface area (Å²) in [4.78, 5) is 64.9. The highest BCUT2D eigenvalue weighted by atomic mass is 16.7. The van der Waals surface area contributed by atoms with Crippen molar-refractivity contribution in [3.63, 3.8) is 0 Å². The number of aliphatic carboxylic acids is 1. The number of carbonyl (C=O) groups excluding carboxylic acids is 3. The number of fused-ring (bicyclic) bond motifs is 13. The molecule has 1 spiro atoms. The number of esters is 1. The van der Waals surface area contributed by atoms with E-state index in [1.165, 1.54) is 19.3 Å². The van der Waals surface area contributed by atoms with E-state index < -0.39 is 71.3 Å². The lowest BCUT2D eigenvalue weighted by Crippen LogP contribution is -2.47. The fourth-order valence-corrected chi connectivity index (χ4v) is 9.62. The van der Waals surface area contributed by atoms with Crippen molar-refractivity contribution < 1.29 is 53.8 Å². The van der Waals surface area contributed by atoms with Gasteiger partial charge in [0.25, 0.3) is 11.7 Å². The number of piperidine rings is 1. The van der Waals surface area contributed by atoms with Crippen LogP contribution in [0, 0.1) is 48.3 Å². The molecule has 15 heteroatoms. The van der Waals surface area contributed by atoms with Crippen LogP contribution in [0.1, 0.15) is 111 Å². The Hall–Kier alpha value is -5.28. The molecule has 0 saturated carbocycles. The molecule has 1 fully saturated rings. The van der Waals surface area contributed by atoms with Crippen LogP contribution < -0.4 is 20.8 Å². The van der Waals surface area contributed by atoms with Gasteiger partial charge in [-0.25, -0.2) is 4.99 Å². The van der Waals surface area contributed by atoms with E-state index in [0.29, 0.717) is 24.4 Å². The van der Waals surface area contributed by atoms with Gasteiger partial charge in [-0.2, -0.15) is 0 Å². The van der Waals surface area contributed by atoms with Crippen LogP contribution in [0.5, 0.6) is 17.2 Å². The fourth-order valence-electron chi connectivity index (χ4n) is 9.62. The number of hydrogen-bond donors (Lipinski definition) is 5. The van der Waals surface area contributed by atoms with Crippen LogP contribution in [0.25, 0.3) is 10.8 Å². The van der Waals surface area contributed by atoms with Gasteiger partial charge in [-0.05, 0) is 49.5 Å². The van der Waals surface area contributed by atoms with Crippen LogP contribution in [0.15, 0.2) is 46.1 Å². The first-order valence-electron chi connectivity index (χ1n) is 22.6. The van der Waals surface area contributed by atoms with Crippen molar-refractivity contribution in [2.24, 2.45) is 51.4 Å². The number of aliphatic hydroxyl groups excluding tert-OH is 1. The molecule has 1 amide bonds. The van der Waals surface area contributed by atoms with Crippen molar-refractivity contribution in [3.05, 3.63) is 58.0 Å². The molecule has 5 N–H and O–H groups in total. The van der Waals surface area contributed by atoms with Gasteiger partial charge < -0.3 is 44.9 Å². The summed E-state index contributed by atoms with van der Waals surface area (Å²) in [6.45, 7) is 23.0. The van der Waals surface area contributed by atoms with Crippen molar-refractivity contribution in [2.45, 2.75) is 126 Å². The van der Waals surface area contributed by atoms with Gasteiger partial charge in [0.2, 0.25) is 0 Å². The van der Waals surface area contributed by atoms with Crippen LogP contribution in [0.4, 0.5) is 5.69 Å². The Morgan fingerprint density at radius 1 is 0.922 bits per heavy atom. The van der Waals surface area contributed by atoms with E-state index in [2.05, 4.69) is 36.0 Å². The van der Waals surface area contributed by atoms with Crippen LogP contribution in [0.2, 0.25) is 0 Å². The first-order chi connectivity index (χ1) is 30.0. The van der Waals surface area contributed by atoms with E-state index in [0.717, 1.165) is 19.6 Å². The molecular formula is C49H66N4O11. The number of carboxylic acid groups (broad SMARTS) is 1. The molecule has 5 bridgehead atoms. The number of carbonyl (C=O) groups is 4. The Kier molecular flexibility index (Phi) is 14.1. The lowest BCUT2D eigenvalue weighted by atomic mass is 9.72. The number of nitrogens with one attached hydrogen (secondary N) is 1. The van der Waals surface area contributed by atoms with E-state index in [9.17, 15) is 39.6 Å². The number of phenols is 2. The number of allylic oxidation sites excluding steroid dienone is 3. The molecule has 1 saturated heterocycles. The average molecular weight is 887 g/mol. The lowest BCUT2D eigenvalue weighted by molar-refractivity contribution is -0.159. The zero-order valence-electron chi connectivity index (χ0n) is 39.0. The third-order valence-electron chi connectivity index (χ3n) is 14.2. The SMILES string of the molecule is C/C1=C/C=C/[C@H](C)[C@H](OC(=O)CCC(=O)O)[C@@H](C)[C@@H](O)[C@@H](C)[C@H](C)[C@H](C)[C@@H](C)/C=C/O[C@@]2(C)Oc3c(C)c(O)c4c(O)c(c5c(c4c3C2=O)NC2(CCN(CC(C)C)CC2)N=5)=NC1=O. The predicted octanol–water partition coefficient (Wildman–Crippen LogP) is 6.49. The summed E-state index contributed by atoms with van der Waals surface area (Å²) in [7, 11) is 0. The van der Waals surface area contributed by atoms with Crippen molar-refractivity contribution in [3.8, 4) is 17.2 Å². The van der Waals surface area contributed by atoms with Crippen LogP contribution in [0.3, 0.4) is 0 Å². The molecule has 5 aliphatic heterocycles. The topological polar surface area (TPSA) is 217 Å². The van der Waals surface area contributed by atoms with Gasteiger partial charge in [-0.15, -0.1) is 0 Å². The number of ether oxygens (including phenoxy) is 3. The minimum absolute atomic E-state index is 0.0142. The molecule has 2 aromatic rings. The second-order valence-corrected chi connectivity index (χ2v) is 19.3. The summed E-state index contributed by atoms with van der Waals surface area (Å²) in [5.41, 5.74) is -0.0342. The van der Waals surface area contributed by atoms with E-state index in [1.54, 1.807) is 32.9 Å². The van der Waals surface area contributed by atoms with Crippen LogP contribution >= 0.6 is 0 Å². The molecule has 15 nitrogen and oxygen atoms in total. The first-order valence-corrected chi connectivity index (χ1v) is 22.6. The number of nitrogens with zero attached hydrogens (tertiary/aromatic N) is 3. The largest absolute Gasteiger partial charge is 0.507 e. The Bertz CT molecular complexity index is 2420. The van der Waals surface area contributed by atoms with E-state index >= 15 is 0 Å². The molecule has 5 aliphatic rings. The number of Topliss-reactive ketones (excluding diaryl/α,β-unsaturated/α-hetero) is 1. The molecular weight excluding hydrogens is 821 g/mol. The Morgan fingerprint density at radius 2 is 1.59 bits per heavy atom. The van der Waals surface area contributed by atoms with Gasteiger partial charge in [-0.3, -0.25) is 24.2 Å². The van der Waals surface area contributed by atoms with Crippen molar-refractivity contribution in [1.29, 1.82) is 0 Å². The zero-order chi connectivity index (χ0) is 47.2. The van der Waals surface area contributed by atoms with Crippen molar-refractivity contribution in [2.75, 3.05) is 25.0 Å². The third kappa shape index (κ3) is 9.28. The second kappa shape index (κ2) is 18.7. The molecule has 0 radical (unpaired) electrons. The van der Waals surface area contributed by atoms with Gasteiger partial charge >= 0.3 is 17.7 Å². The molecule has 7 rings (SSSR count). The zero-order valence-corrected chi connectivity index (χ0v) is 39.0. The maximum atomic E-state index is 14.7. The Morgan fingerprint density at radius 3 is 2.23 bits per heavy atom. The fraction of sp³-hybridized carbons (Fsp3) is 0.592. The molecule has 9 atom stereocenters. The monoisotopic (exact) mass is 886 g/mol. The normalized spacial score (nSPS) is 31.6. The van der Waals surface area contributed by atoms with Gasteiger partial charge in [0.15, 0.2) is 5.75 Å². The summed E-state index contributed by atoms with van der Waals surface area (Å²) in [6.07, 6.45) is 6.81. The lowest BCUT2D eigenvalue weighted by Gasteiger charge is -2.38. The van der Waals surface area contributed by atoms with Crippen LogP contribution in [-0.2, 0) is 23.9 Å². The van der Waals surface area contributed by atoms with Gasteiger partial charge in [0.05, 0.1) is 41.8 Å². The molecule has 64 heavy (non-hydrogen) atoms. The van der Waals surface area contributed by atoms with E-state index in [1.807, 2.05) is 33.8 Å². The number of anilines is 1. The van der Waals surface area contributed by atoms with Crippen molar-refractivity contribution >= 4 is 40.1 Å². The first kappa shape index (κ1) is 48.2. The highest BCUT2D eigenvalue weighted by Gasteiger charge is 2.50. The summed E-state index contributed by atoms with van der Waals surface area (Å²) in [6, 6.07) is 0. The molecule has 0 unspecified atom stereocenters. The molecule has 2 aromatic carbocycles. The quantitative estimate of drug-likeness (QED) is 0.155. The number of benzene rings is 2. The highest BCUT2D eigenvalue weighted by Crippen LogP contribution is 2.51. The minimum atomic E-state index is -1.86. The smallest absolute Gasteiger partial charge is 0.312 e. The second-order valence-electron chi connectivity index (χ2n) is 19.3. The number of amides is 1. The summed E-state index contributed by atoms with van der Waals surface area (Å²) >= 11 is 0. The molecule has 5 heterocycles. The maximum Gasteiger partial charge on any atom is 0.312 e. The highest BCUT2D eigenvalue weighted by molar-refractivity contribution is 6.21. The van der Waals surface area contributed by atoms with Crippen LogP contribution in [-0.4, -0.2) is 92.2 Å². The number of carboxylic acids is 1. The number of likely N-dealkylation sites (tertiary alicyclic amines) is 1. The van der Waals surface area contributed by atoms with Crippen molar-refractivity contribution in [1.82, 2.24) is 4.90 Å². The number of aliphatic hydroxyl groups is 1. The van der Waals surface area contributed by atoms with E-state index in [-0.39, 0.29) is 79.8 Å². The number of rotatable bonds is 6. The third-order valence-corrected chi connectivity index (χ3v) is 14.2. The minimum Gasteiger partial charge on any atom is -0.507 e. The number of phenolic OH excluding ortho intramolecular Hbond substituents is 2. The number of ketones is 1. The van der Waals surface area contributed by atoms with Gasteiger partial charge in [0.1, 0.15) is 34.0 Å². The molecule has 0 aliphatic carbocycles. The number of hydrogen-bond acceptors (Lipinski definition) is 13. The predicted molar refractivity (Wildman–Crippen MR) is 240 cm³/mol. The average Bonchev–Trinajstić information content (AvgIpc) is 3.74. The summed E-state index contributed by atoms with van der Waals surface area (Å²) < 4.78 is 18.4. The number of aromatic hydroxyl groups is 2. The maximum absolute atomic E-state index is 14.7. The molecule has 0 aromatic heterocycles. The Balaban J connectivity index is 1.52.